The Labute approximate surface area is 98.8 Å². The zero-order valence-electron chi connectivity index (χ0n) is 11.0. The molecule has 0 heterocycles. The molecule has 1 atom stereocenters. The van der Waals surface area contributed by atoms with E-state index in [4.69, 9.17) is 5.73 Å². The fourth-order valence-corrected chi connectivity index (χ4v) is 1.82. The molecule has 0 aliphatic carbocycles. The van der Waals surface area contributed by atoms with Gasteiger partial charge in [0.05, 0.1) is 0 Å². The van der Waals surface area contributed by atoms with E-state index >= 15 is 0 Å². The number of carbonyl (C=O) groups excluding carboxylic acids is 2. The van der Waals surface area contributed by atoms with Crippen molar-refractivity contribution in [3.05, 3.63) is 0 Å². The Kier molecular flexibility index (Phi) is 6.49. The van der Waals surface area contributed by atoms with Crippen molar-refractivity contribution in [3.8, 4) is 0 Å². The first-order chi connectivity index (χ1) is 7.29. The van der Waals surface area contributed by atoms with Crippen LogP contribution >= 0.6 is 0 Å². The van der Waals surface area contributed by atoms with Crippen molar-refractivity contribution in [2.24, 2.45) is 17.1 Å². The Morgan fingerprint density at radius 3 is 2.12 bits per heavy atom. The van der Waals surface area contributed by atoms with Gasteiger partial charge >= 0.3 is 0 Å². The van der Waals surface area contributed by atoms with E-state index < -0.39 is 0 Å². The fraction of sp³-hybridized carbons (Fsp3) is 0.846. The van der Waals surface area contributed by atoms with E-state index in [1.807, 2.05) is 20.8 Å². The van der Waals surface area contributed by atoms with Crippen molar-refractivity contribution in [2.45, 2.75) is 53.4 Å². The van der Waals surface area contributed by atoms with Gasteiger partial charge in [-0.1, -0.05) is 27.2 Å². The molecule has 0 amide bonds. The molecule has 3 heteroatoms. The molecular weight excluding hydrogens is 202 g/mol. The maximum atomic E-state index is 12.1. The predicted molar refractivity (Wildman–Crippen MR) is 66.2 cm³/mol. The molecule has 94 valence electrons. The van der Waals surface area contributed by atoms with Crippen LogP contribution in [0.3, 0.4) is 0 Å². The van der Waals surface area contributed by atoms with Crippen molar-refractivity contribution < 1.29 is 9.59 Å². The van der Waals surface area contributed by atoms with Gasteiger partial charge in [0.15, 0.2) is 0 Å². The third-order valence-corrected chi connectivity index (χ3v) is 2.65. The maximum Gasteiger partial charge on any atom is 0.141 e. The number of carbonyl (C=O) groups is 2. The summed E-state index contributed by atoms with van der Waals surface area (Å²) < 4.78 is 0. The Morgan fingerprint density at radius 1 is 1.19 bits per heavy atom. The molecule has 0 saturated carbocycles. The highest BCUT2D eigenvalue weighted by Crippen LogP contribution is 2.26. The molecule has 0 radical (unpaired) electrons. The lowest BCUT2D eigenvalue weighted by atomic mass is 9.79. The highest BCUT2D eigenvalue weighted by atomic mass is 16.1. The van der Waals surface area contributed by atoms with Gasteiger partial charge in [0.25, 0.3) is 0 Å². The summed E-state index contributed by atoms with van der Waals surface area (Å²) in [7, 11) is 0. The highest BCUT2D eigenvalue weighted by Gasteiger charge is 2.29. The van der Waals surface area contributed by atoms with Crippen molar-refractivity contribution in [2.75, 3.05) is 6.54 Å². The first-order valence-corrected chi connectivity index (χ1v) is 6.03. The molecule has 0 aromatic heterocycles. The minimum atomic E-state index is -0.358. The molecule has 0 spiro atoms. The number of ketones is 2. The summed E-state index contributed by atoms with van der Waals surface area (Å²) in [5.41, 5.74) is 5.07. The molecule has 0 aromatic carbocycles. The summed E-state index contributed by atoms with van der Waals surface area (Å²) in [6.07, 6.45) is 3.01. The molecule has 0 aromatic rings. The van der Waals surface area contributed by atoms with Gasteiger partial charge in [-0.05, 0) is 26.3 Å². The van der Waals surface area contributed by atoms with Crippen molar-refractivity contribution in [1.29, 1.82) is 0 Å². The largest absolute Gasteiger partial charge is 0.330 e. The molecule has 0 aliphatic heterocycles. The van der Waals surface area contributed by atoms with Crippen molar-refractivity contribution >= 4 is 11.6 Å². The van der Waals surface area contributed by atoms with E-state index in [-0.39, 0.29) is 22.9 Å². The third-order valence-electron chi connectivity index (χ3n) is 2.65. The summed E-state index contributed by atoms with van der Waals surface area (Å²) in [4.78, 5) is 23.3. The molecule has 0 fully saturated rings. The van der Waals surface area contributed by atoms with Crippen LogP contribution in [0.15, 0.2) is 0 Å². The topological polar surface area (TPSA) is 60.2 Å². The molecule has 0 saturated heterocycles. The zero-order chi connectivity index (χ0) is 12.8. The van der Waals surface area contributed by atoms with E-state index in [1.165, 1.54) is 0 Å². The quantitative estimate of drug-likeness (QED) is 0.679. The molecular formula is C13H25NO2. The molecule has 0 bridgehead atoms. The Bertz CT molecular complexity index is 241. The lowest BCUT2D eigenvalue weighted by Gasteiger charge is -2.24. The monoisotopic (exact) mass is 227 g/mol. The standard InChI is InChI=1S/C13H25NO2/c1-10(15)9-11(7-5-6-8-14)12(16)13(2,3)4/h11H,5-9,14H2,1-4H3/t11-/m0/s1. The van der Waals surface area contributed by atoms with Gasteiger partial charge in [-0.15, -0.1) is 0 Å². The van der Waals surface area contributed by atoms with E-state index in [1.54, 1.807) is 6.92 Å². The number of Topliss-reactive ketones (excluding diaryl/α,β-unsaturated/α-hetero) is 2. The second-order valence-electron chi connectivity index (χ2n) is 5.50. The fourth-order valence-electron chi connectivity index (χ4n) is 1.82. The van der Waals surface area contributed by atoms with E-state index in [2.05, 4.69) is 0 Å². The zero-order valence-corrected chi connectivity index (χ0v) is 11.0. The first-order valence-electron chi connectivity index (χ1n) is 6.03. The number of hydrogen-bond donors (Lipinski definition) is 1. The molecule has 2 N–H and O–H groups in total. The van der Waals surface area contributed by atoms with Crippen LogP contribution in [-0.4, -0.2) is 18.1 Å². The van der Waals surface area contributed by atoms with Crippen LogP contribution in [0.5, 0.6) is 0 Å². The lowest BCUT2D eigenvalue weighted by molar-refractivity contribution is -0.133. The van der Waals surface area contributed by atoms with Crippen molar-refractivity contribution in [3.63, 3.8) is 0 Å². The van der Waals surface area contributed by atoms with Crippen molar-refractivity contribution in [1.82, 2.24) is 0 Å². The summed E-state index contributed by atoms with van der Waals surface area (Å²) in [5.74, 6) is 0.166. The molecule has 0 unspecified atom stereocenters. The van der Waals surface area contributed by atoms with Gasteiger partial charge in [-0.2, -0.15) is 0 Å². The van der Waals surface area contributed by atoms with Crippen LogP contribution in [0.2, 0.25) is 0 Å². The molecule has 3 nitrogen and oxygen atoms in total. The Balaban J connectivity index is 4.42. The maximum absolute atomic E-state index is 12.1. The average molecular weight is 227 g/mol. The van der Waals surface area contributed by atoms with Gasteiger partial charge in [0, 0.05) is 17.8 Å². The number of nitrogens with two attached hydrogens (primary N) is 1. The predicted octanol–water partition coefficient (Wildman–Crippen LogP) is 2.33. The van der Waals surface area contributed by atoms with Crippen LogP contribution in [-0.2, 0) is 9.59 Å². The smallest absolute Gasteiger partial charge is 0.141 e. The normalized spacial score (nSPS) is 13.6. The molecule has 16 heavy (non-hydrogen) atoms. The van der Waals surface area contributed by atoms with Crippen LogP contribution in [0.1, 0.15) is 53.4 Å². The third kappa shape index (κ3) is 6.01. The van der Waals surface area contributed by atoms with Gasteiger partial charge in [-0.25, -0.2) is 0 Å². The minimum Gasteiger partial charge on any atom is -0.330 e. The molecule has 0 aliphatic rings. The average Bonchev–Trinajstić information content (AvgIpc) is 2.13. The van der Waals surface area contributed by atoms with Crippen LogP contribution in [0.25, 0.3) is 0 Å². The summed E-state index contributed by atoms with van der Waals surface area (Å²) in [6.45, 7) is 7.92. The van der Waals surface area contributed by atoms with E-state index in [0.29, 0.717) is 13.0 Å². The number of unbranched alkanes of at least 4 members (excludes halogenated alkanes) is 1. The van der Waals surface area contributed by atoms with Crippen LogP contribution in [0, 0.1) is 11.3 Å². The SMILES string of the molecule is CC(=O)C[C@H](CCCCN)C(=O)C(C)(C)C. The van der Waals surface area contributed by atoms with Gasteiger partial charge in [-0.3, -0.25) is 4.79 Å². The van der Waals surface area contributed by atoms with Gasteiger partial charge in [0.1, 0.15) is 11.6 Å². The highest BCUT2D eigenvalue weighted by molar-refractivity contribution is 5.90. The Hall–Kier alpha value is -0.700. The van der Waals surface area contributed by atoms with E-state index in [9.17, 15) is 9.59 Å². The summed E-state index contributed by atoms with van der Waals surface area (Å²) in [6, 6.07) is 0. The minimum absolute atomic E-state index is 0.0929. The second kappa shape index (κ2) is 6.79. The van der Waals surface area contributed by atoms with Crippen LogP contribution < -0.4 is 5.73 Å². The van der Waals surface area contributed by atoms with E-state index in [0.717, 1.165) is 19.3 Å². The lowest BCUT2D eigenvalue weighted by Crippen LogP contribution is -2.29. The van der Waals surface area contributed by atoms with Gasteiger partial charge < -0.3 is 10.5 Å². The molecule has 0 rings (SSSR count). The first kappa shape index (κ1) is 15.3. The summed E-state index contributed by atoms with van der Waals surface area (Å²) >= 11 is 0. The number of rotatable bonds is 7. The van der Waals surface area contributed by atoms with Crippen LogP contribution in [0.4, 0.5) is 0 Å². The number of hydrogen-bond acceptors (Lipinski definition) is 3. The Morgan fingerprint density at radius 2 is 1.75 bits per heavy atom. The summed E-state index contributed by atoms with van der Waals surface area (Å²) in [5, 5.41) is 0. The second-order valence-corrected chi connectivity index (χ2v) is 5.50. The van der Waals surface area contributed by atoms with Gasteiger partial charge in [0.2, 0.25) is 0 Å².